The molecule has 0 unspecified atom stereocenters. The van der Waals surface area contributed by atoms with Crippen LogP contribution in [0.25, 0.3) is 21.4 Å². The molecule has 1 atom stereocenters. The Bertz CT molecular complexity index is 851. The molecule has 0 spiro atoms. The van der Waals surface area contributed by atoms with Crippen LogP contribution in [0.2, 0.25) is 0 Å². The van der Waals surface area contributed by atoms with Crippen LogP contribution in [-0.2, 0) is 6.61 Å². The van der Waals surface area contributed by atoms with Crippen LogP contribution < -0.4 is 0 Å². The summed E-state index contributed by atoms with van der Waals surface area (Å²) in [7, 11) is 0. The Morgan fingerprint density at radius 3 is 2.38 bits per heavy atom. The highest BCUT2D eigenvalue weighted by atomic mass is 32.1. The fourth-order valence-electron chi connectivity index (χ4n) is 3.37. The average molecular weight is 408 g/mol. The second-order valence-electron chi connectivity index (χ2n) is 6.67. The summed E-state index contributed by atoms with van der Waals surface area (Å²) in [5.74, 6) is 0.628. The van der Waals surface area contributed by atoms with E-state index in [-0.39, 0.29) is 6.61 Å². The number of aromatic nitrogens is 3. The first-order valence-electron chi connectivity index (χ1n) is 8.88. The van der Waals surface area contributed by atoms with Crippen molar-refractivity contribution >= 4 is 34.0 Å². The van der Waals surface area contributed by atoms with Crippen LogP contribution in [0.4, 0.5) is 0 Å². The molecule has 8 heteroatoms. The van der Waals surface area contributed by atoms with Gasteiger partial charge < -0.3 is 10.2 Å². The first kappa shape index (κ1) is 18.2. The number of nitrogens with zero attached hydrogens (tertiary/aromatic N) is 3. The summed E-state index contributed by atoms with van der Waals surface area (Å²) in [6.45, 7) is -0.0537. The van der Waals surface area contributed by atoms with Gasteiger partial charge >= 0.3 is 0 Å². The molecule has 0 aliphatic heterocycles. The summed E-state index contributed by atoms with van der Waals surface area (Å²) >= 11 is 4.52. The van der Waals surface area contributed by atoms with E-state index in [0.29, 0.717) is 11.6 Å². The highest BCUT2D eigenvalue weighted by Gasteiger charge is 2.21. The molecule has 2 N–H and O–H groups in total. The lowest BCUT2D eigenvalue weighted by Crippen LogP contribution is -2.11. The van der Waals surface area contributed by atoms with Crippen LogP contribution in [0.5, 0.6) is 0 Å². The van der Waals surface area contributed by atoms with Crippen molar-refractivity contribution in [2.45, 2.75) is 51.2 Å². The molecule has 0 saturated heterocycles. The van der Waals surface area contributed by atoms with E-state index in [1.807, 2.05) is 16.1 Å². The molecule has 0 bridgehead atoms. The maximum atomic E-state index is 10.5. The van der Waals surface area contributed by atoms with E-state index in [2.05, 4.69) is 15.0 Å². The Labute approximate surface area is 164 Å². The van der Waals surface area contributed by atoms with Crippen molar-refractivity contribution in [1.82, 2.24) is 15.0 Å². The average Bonchev–Trinajstić information content (AvgIpc) is 3.40. The molecule has 1 fully saturated rings. The number of thiazole rings is 3. The second kappa shape index (κ2) is 8.22. The van der Waals surface area contributed by atoms with Gasteiger partial charge in [-0.15, -0.1) is 34.0 Å². The number of hydrogen-bond donors (Lipinski definition) is 2. The fourth-order valence-corrected chi connectivity index (χ4v) is 5.85. The molecule has 26 heavy (non-hydrogen) atoms. The van der Waals surface area contributed by atoms with Gasteiger partial charge in [-0.25, -0.2) is 15.0 Å². The first-order valence-corrected chi connectivity index (χ1v) is 11.5. The molecule has 3 aromatic heterocycles. The Hall–Kier alpha value is -1.19. The third kappa shape index (κ3) is 4.04. The zero-order valence-corrected chi connectivity index (χ0v) is 16.7. The third-order valence-electron chi connectivity index (χ3n) is 4.74. The van der Waals surface area contributed by atoms with Crippen molar-refractivity contribution in [2.75, 3.05) is 0 Å². The lowest BCUT2D eigenvalue weighted by Gasteiger charge is -2.23. The van der Waals surface area contributed by atoms with Gasteiger partial charge in [0.25, 0.3) is 0 Å². The summed E-state index contributed by atoms with van der Waals surface area (Å²) < 4.78 is 0. The molecule has 0 aromatic carbocycles. The van der Waals surface area contributed by atoms with E-state index in [9.17, 15) is 5.11 Å². The topological polar surface area (TPSA) is 79.1 Å². The van der Waals surface area contributed by atoms with Crippen molar-refractivity contribution in [3.63, 3.8) is 0 Å². The van der Waals surface area contributed by atoms with Crippen molar-refractivity contribution in [3.05, 3.63) is 26.8 Å². The van der Waals surface area contributed by atoms with Gasteiger partial charge in [0.1, 0.15) is 32.5 Å². The SMILES string of the molecule is OCc1csc(-c2csc(-c3csc([C@@H](O)CC4CCCCC4)n3)n2)n1. The van der Waals surface area contributed by atoms with Gasteiger partial charge in [0, 0.05) is 16.1 Å². The number of aliphatic hydroxyl groups excluding tert-OH is 2. The van der Waals surface area contributed by atoms with Gasteiger partial charge in [-0.3, -0.25) is 0 Å². The van der Waals surface area contributed by atoms with Crippen LogP contribution >= 0.6 is 34.0 Å². The second-order valence-corrected chi connectivity index (χ2v) is 9.27. The molecule has 0 radical (unpaired) electrons. The molecule has 3 aromatic rings. The monoisotopic (exact) mass is 407 g/mol. The van der Waals surface area contributed by atoms with Gasteiger partial charge in [0.05, 0.1) is 12.3 Å². The minimum atomic E-state index is -0.470. The molecule has 4 rings (SSSR count). The van der Waals surface area contributed by atoms with Gasteiger partial charge in [0.2, 0.25) is 0 Å². The molecular weight excluding hydrogens is 386 g/mol. The molecule has 0 amide bonds. The van der Waals surface area contributed by atoms with Crippen molar-refractivity contribution < 1.29 is 10.2 Å². The number of aliphatic hydroxyl groups is 2. The van der Waals surface area contributed by atoms with Gasteiger partial charge in [-0.05, 0) is 12.3 Å². The highest BCUT2D eigenvalue weighted by molar-refractivity contribution is 7.16. The fraction of sp³-hybridized carbons (Fsp3) is 0.500. The normalized spacial score (nSPS) is 16.8. The zero-order chi connectivity index (χ0) is 17.9. The van der Waals surface area contributed by atoms with E-state index in [0.717, 1.165) is 32.8 Å². The van der Waals surface area contributed by atoms with E-state index in [1.54, 1.807) is 0 Å². The van der Waals surface area contributed by atoms with E-state index < -0.39 is 6.10 Å². The summed E-state index contributed by atoms with van der Waals surface area (Å²) in [6.07, 6.45) is 6.72. The standard InChI is InChI=1S/C18H21N3O2S3/c22-7-12-8-24-16(19-12)13-9-25-17(20-13)14-10-26-18(21-14)15(23)6-11-4-2-1-3-5-11/h8-11,15,22-23H,1-7H2/t15-/m0/s1. The lowest BCUT2D eigenvalue weighted by molar-refractivity contribution is 0.131. The highest BCUT2D eigenvalue weighted by Crippen LogP contribution is 2.35. The Kier molecular flexibility index (Phi) is 5.75. The predicted octanol–water partition coefficient (Wildman–Crippen LogP) is 4.89. The Morgan fingerprint density at radius 1 is 0.923 bits per heavy atom. The molecule has 3 heterocycles. The van der Waals surface area contributed by atoms with Crippen molar-refractivity contribution in [3.8, 4) is 21.4 Å². The van der Waals surface area contributed by atoms with E-state index >= 15 is 0 Å². The quantitative estimate of drug-likeness (QED) is 0.608. The van der Waals surface area contributed by atoms with E-state index in [4.69, 9.17) is 5.11 Å². The van der Waals surface area contributed by atoms with Crippen LogP contribution in [0.3, 0.4) is 0 Å². The summed E-state index contributed by atoms with van der Waals surface area (Å²) in [4.78, 5) is 13.6. The lowest BCUT2D eigenvalue weighted by atomic mass is 9.85. The predicted molar refractivity (Wildman–Crippen MR) is 106 cm³/mol. The summed E-state index contributed by atoms with van der Waals surface area (Å²) in [5, 5.41) is 27.9. The number of hydrogen-bond acceptors (Lipinski definition) is 8. The van der Waals surface area contributed by atoms with E-state index in [1.165, 1.54) is 66.1 Å². The summed E-state index contributed by atoms with van der Waals surface area (Å²) in [5.41, 5.74) is 2.30. The van der Waals surface area contributed by atoms with Crippen molar-refractivity contribution in [1.29, 1.82) is 0 Å². The van der Waals surface area contributed by atoms with Crippen LogP contribution in [0, 0.1) is 5.92 Å². The molecule has 1 aliphatic rings. The molecule has 5 nitrogen and oxygen atoms in total. The maximum Gasteiger partial charge on any atom is 0.143 e. The largest absolute Gasteiger partial charge is 0.390 e. The van der Waals surface area contributed by atoms with Crippen LogP contribution in [0.15, 0.2) is 16.1 Å². The zero-order valence-electron chi connectivity index (χ0n) is 14.3. The van der Waals surface area contributed by atoms with Gasteiger partial charge in [-0.1, -0.05) is 32.1 Å². The van der Waals surface area contributed by atoms with Gasteiger partial charge in [0.15, 0.2) is 0 Å². The molecule has 138 valence electrons. The molecule has 1 saturated carbocycles. The maximum absolute atomic E-state index is 10.5. The third-order valence-corrected chi connectivity index (χ3v) is 7.47. The first-order chi connectivity index (χ1) is 12.7. The number of rotatable bonds is 6. The summed E-state index contributed by atoms with van der Waals surface area (Å²) in [6, 6.07) is 0. The smallest absolute Gasteiger partial charge is 0.143 e. The molecular formula is C18H21N3O2S3. The minimum absolute atomic E-state index is 0.0537. The minimum Gasteiger partial charge on any atom is -0.390 e. The van der Waals surface area contributed by atoms with Gasteiger partial charge in [-0.2, -0.15) is 0 Å². The van der Waals surface area contributed by atoms with Crippen LogP contribution in [-0.4, -0.2) is 25.2 Å². The van der Waals surface area contributed by atoms with Crippen molar-refractivity contribution in [2.24, 2.45) is 5.92 Å². The Balaban J connectivity index is 1.45. The van der Waals surface area contributed by atoms with Crippen LogP contribution in [0.1, 0.15) is 55.3 Å². The Morgan fingerprint density at radius 2 is 1.62 bits per heavy atom. The molecule has 1 aliphatic carbocycles.